The van der Waals surface area contributed by atoms with Crippen LogP contribution in [0.5, 0.6) is 5.75 Å². The molecule has 0 saturated carbocycles. The summed E-state index contributed by atoms with van der Waals surface area (Å²) in [4.78, 5) is 20.0. The van der Waals surface area contributed by atoms with Gasteiger partial charge in [0.15, 0.2) is 5.16 Å². The average molecular weight is 454 g/mol. The smallest absolute Gasteiger partial charge is 0.267 e. The van der Waals surface area contributed by atoms with Gasteiger partial charge < -0.3 is 4.74 Å². The minimum absolute atomic E-state index is 0.107. The molecular formula is C19H23N3O4S3. The average Bonchev–Trinajstić information content (AvgIpc) is 3.00. The van der Waals surface area contributed by atoms with Gasteiger partial charge in [-0.25, -0.2) is 18.5 Å². The first-order valence-electron chi connectivity index (χ1n) is 9.08. The van der Waals surface area contributed by atoms with E-state index in [0.29, 0.717) is 39.0 Å². The molecular weight excluding hydrogens is 430 g/mol. The predicted molar refractivity (Wildman–Crippen MR) is 119 cm³/mol. The van der Waals surface area contributed by atoms with E-state index in [-0.39, 0.29) is 11.3 Å². The maximum absolute atomic E-state index is 13.5. The number of thioether (sulfide) groups is 1. The molecule has 0 aliphatic carbocycles. The second-order valence-corrected chi connectivity index (χ2v) is 10.4. The molecule has 0 aliphatic heterocycles. The molecule has 0 radical (unpaired) electrons. The largest absolute Gasteiger partial charge is 0.497 e. The number of ether oxygens (including phenoxy) is 1. The van der Waals surface area contributed by atoms with Gasteiger partial charge in [-0.15, -0.1) is 11.3 Å². The summed E-state index contributed by atoms with van der Waals surface area (Å²) in [5.74, 6) is 1.00. The summed E-state index contributed by atoms with van der Waals surface area (Å²) in [6, 6.07) is 7.24. The third-order valence-electron chi connectivity index (χ3n) is 4.47. The van der Waals surface area contributed by atoms with E-state index in [9.17, 15) is 13.2 Å². The number of hydrogen-bond acceptors (Lipinski definition) is 7. The fourth-order valence-electron chi connectivity index (χ4n) is 3.05. The Hall–Kier alpha value is -1.88. The first kappa shape index (κ1) is 21.8. The van der Waals surface area contributed by atoms with Crippen molar-refractivity contribution >= 4 is 43.3 Å². The minimum atomic E-state index is -3.52. The highest BCUT2D eigenvalue weighted by Crippen LogP contribution is 2.31. The number of aromatic nitrogens is 2. The third-order valence-corrected chi connectivity index (χ3v) is 7.68. The molecule has 0 atom stereocenters. The van der Waals surface area contributed by atoms with Gasteiger partial charge in [0.1, 0.15) is 10.6 Å². The molecule has 0 aliphatic rings. The monoisotopic (exact) mass is 453 g/mol. The molecule has 3 rings (SSSR count). The molecule has 1 aromatic carbocycles. The molecule has 0 fully saturated rings. The molecule has 2 heterocycles. The summed E-state index contributed by atoms with van der Waals surface area (Å²) in [5.41, 5.74) is 1.49. The van der Waals surface area contributed by atoms with E-state index >= 15 is 0 Å². The van der Waals surface area contributed by atoms with Crippen molar-refractivity contribution in [3.05, 3.63) is 45.1 Å². The lowest BCUT2D eigenvalue weighted by Crippen LogP contribution is -2.22. The lowest BCUT2D eigenvalue weighted by atomic mass is 10.2. The van der Waals surface area contributed by atoms with Crippen LogP contribution in [-0.2, 0) is 16.4 Å². The Labute approximate surface area is 178 Å². The highest BCUT2D eigenvalue weighted by molar-refractivity contribution is 7.99. The molecule has 2 aromatic heterocycles. The van der Waals surface area contributed by atoms with Gasteiger partial charge in [0.25, 0.3) is 5.56 Å². The normalized spacial score (nSPS) is 11.9. The molecule has 0 saturated heterocycles. The molecule has 2 N–H and O–H groups in total. The number of aryl methyl sites for hydroxylation is 2. The Morgan fingerprint density at radius 1 is 1.34 bits per heavy atom. The zero-order valence-corrected chi connectivity index (χ0v) is 18.9. The number of methoxy groups -OCH3 is 1. The van der Waals surface area contributed by atoms with Crippen LogP contribution in [0.1, 0.15) is 23.8 Å². The molecule has 0 spiro atoms. The van der Waals surface area contributed by atoms with E-state index in [1.165, 1.54) is 23.1 Å². The zero-order chi connectivity index (χ0) is 21.2. The first-order chi connectivity index (χ1) is 13.7. The molecule has 29 heavy (non-hydrogen) atoms. The first-order valence-corrected chi connectivity index (χ1v) is 12.6. The van der Waals surface area contributed by atoms with Gasteiger partial charge in [-0.05, 0) is 37.5 Å². The molecule has 156 valence electrons. The summed E-state index contributed by atoms with van der Waals surface area (Å²) in [5, 5.41) is 6.23. The summed E-state index contributed by atoms with van der Waals surface area (Å²) >= 11 is 2.87. The lowest BCUT2D eigenvalue weighted by molar-refractivity contribution is 0.414. The van der Waals surface area contributed by atoms with Crippen LogP contribution in [0, 0.1) is 6.92 Å². The highest BCUT2D eigenvalue weighted by atomic mass is 32.2. The second kappa shape index (κ2) is 8.86. The summed E-state index contributed by atoms with van der Waals surface area (Å²) < 4.78 is 29.3. The van der Waals surface area contributed by atoms with Gasteiger partial charge in [-0.1, -0.05) is 24.8 Å². The molecule has 10 heteroatoms. The number of thiophene rings is 1. The van der Waals surface area contributed by atoms with Crippen LogP contribution >= 0.6 is 23.1 Å². The minimum Gasteiger partial charge on any atom is -0.497 e. The van der Waals surface area contributed by atoms with E-state index in [1.54, 1.807) is 17.7 Å². The Balaban J connectivity index is 2.12. The molecule has 0 bridgehead atoms. The van der Waals surface area contributed by atoms with Crippen LogP contribution in [0.2, 0.25) is 0 Å². The van der Waals surface area contributed by atoms with Crippen molar-refractivity contribution < 1.29 is 13.2 Å². The summed E-state index contributed by atoms with van der Waals surface area (Å²) in [6.45, 7) is 4.01. The highest BCUT2D eigenvalue weighted by Gasteiger charge is 2.19. The van der Waals surface area contributed by atoms with Gasteiger partial charge in [0, 0.05) is 16.7 Å². The predicted octanol–water partition coefficient (Wildman–Crippen LogP) is 3.10. The van der Waals surface area contributed by atoms with Crippen LogP contribution in [0.4, 0.5) is 0 Å². The Kier molecular flexibility index (Phi) is 6.67. The third kappa shape index (κ3) is 4.82. The molecule has 0 amide bonds. The van der Waals surface area contributed by atoms with Gasteiger partial charge in [0.2, 0.25) is 10.0 Å². The molecule has 0 unspecified atom stereocenters. The second-order valence-electron chi connectivity index (χ2n) is 6.49. The number of nitrogens with zero attached hydrogens (tertiary/aromatic N) is 2. The number of fused-ring (bicyclic) bond motifs is 1. The zero-order valence-electron chi connectivity index (χ0n) is 16.5. The maximum atomic E-state index is 13.5. The summed E-state index contributed by atoms with van der Waals surface area (Å²) in [7, 11) is -1.94. The van der Waals surface area contributed by atoms with Crippen LogP contribution in [-0.4, -0.2) is 36.6 Å². The number of primary sulfonamides is 1. The van der Waals surface area contributed by atoms with Gasteiger partial charge in [0.05, 0.1) is 23.9 Å². The number of sulfonamides is 1. The summed E-state index contributed by atoms with van der Waals surface area (Å²) in [6.07, 6.45) is 1.21. The Morgan fingerprint density at radius 2 is 2.10 bits per heavy atom. The van der Waals surface area contributed by atoms with Crippen LogP contribution in [0.25, 0.3) is 15.9 Å². The SMILES string of the molecule is CCc1sc2nc(SCCCS(N)(=O)=O)n(-c3cccc(OC)c3)c(=O)c2c1C. The van der Waals surface area contributed by atoms with Crippen LogP contribution in [0.15, 0.2) is 34.2 Å². The van der Waals surface area contributed by atoms with Crippen molar-refractivity contribution in [3.63, 3.8) is 0 Å². The fourth-order valence-corrected chi connectivity index (χ4v) is 5.88. The van der Waals surface area contributed by atoms with Gasteiger partial charge in [-0.3, -0.25) is 9.36 Å². The molecule has 3 aromatic rings. The van der Waals surface area contributed by atoms with Crippen molar-refractivity contribution in [2.45, 2.75) is 31.8 Å². The van der Waals surface area contributed by atoms with Crippen molar-refractivity contribution in [1.29, 1.82) is 0 Å². The van der Waals surface area contributed by atoms with Crippen molar-refractivity contribution in [2.75, 3.05) is 18.6 Å². The number of rotatable bonds is 8. The van der Waals surface area contributed by atoms with Gasteiger partial charge >= 0.3 is 0 Å². The van der Waals surface area contributed by atoms with E-state index < -0.39 is 10.0 Å². The van der Waals surface area contributed by atoms with Gasteiger partial charge in [-0.2, -0.15) is 0 Å². The topological polar surface area (TPSA) is 104 Å². The number of hydrogen-bond donors (Lipinski definition) is 1. The number of benzene rings is 1. The quantitative estimate of drug-likeness (QED) is 0.319. The van der Waals surface area contributed by atoms with E-state index in [4.69, 9.17) is 14.9 Å². The standard InChI is InChI=1S/C19H23N3O4S3/c1-4-15-12(2)16-17(28-15)21-19(27-9-6-10-29(20,24)25)22(18(16)23)13-7-5-8-14(11-13)26-3/h5,7-8,11H,4,6,9-10H2,1-3H3,(H2,20,24,25). The lowest BCUT2D eigenvalue weighted by Gasteiger charge is -2.13. The Bertz CT molecular complexity index is 1200. The van der Waals surface area contributed by atoms with Crippen LogP contribution in [0.3, 0.4) is 0 Å². The van der Waals surface area contributed by atoms with E-state index in [0.717, 1.165) is 16.9 Å². The van der Waals surface area contributed by atoms with E-state index in [1.807, 2.05) is 25.1 Å². The fraction of sp³-hybridized carbons (Fsp3) is 0.368. The van der Waals surface area contributed by atoms with Crippen molar-refractivity contribution in [3.8, 4) is 11.4 Å². The van der Waals surface area contributed by atoms with Crippen molar-refractivity contribution in [1.82, 2.24) is 9.55 Å². The maximum Gasteiger partial charge on any atom is 0.267 e. The van der Waals surface area contributed by atoms with Crippen molar-refractivity contribution in [2.24, 2.45) is 5.14 Å². The van der Waals surface area contributed by atoms with E-state index in [2.05, 4.69) is 6.92 Å². The number of nitrogens with two attached hydrogens (primary N) is 1. The Morgan fingerprint density at radius 3 is 2.76 bits per heavy atom. The van der Waals surface area contributed by atoms with Crippen LogP contribution < -0.4 is 15.4 Å². The molecule has 7 nitrogen and oxygen atoms in total.